The molecule has 2 aromatic heterocycles. The van der Waals surface area contributed by atoms with Crippen molar-refractivity contribution in [3.63, 3.8) is 0 Å². The fourth-order valence-corrected chi connectivity index (χ4v) is 2.01. The molecule has 0 saturated carbocycles. The summed E-state index contributed by atoms with van der Waals surface area (Å²) < 4.78 is 1.88. The van der Waals surface area contributed by atoms with Crippen molar-refractivity contribution in [3.05, 3.63) is 36.2 Å². The topological polar surface area (TPSA) is 69.6 Å². The number of nitrogens with zero attached hydrogens (tertiary/aromatic N) is 4. The predicted molar refractivity (Wildman–Crippen MR) is 75.1 cm³/mol. The normalized spacial score (nSPS) is 10.8. The van der Waals surface area contributed by atoms with E-state index in [4.69, 9.17) is 5.73 Å². The van der Waals surface area contributed by atoms with Crippen LogP contribution in [0.1, 0.15) is 37.8 Å². The molecule has 0 unspecified atom stereocenters. The van der Waals surface area contributed by atoms with E-state index in [0.29, 0.717) is 6.54 Å². The third kappa shape index (κ3) is 3.61. The summed E-state index contributed by atoms with van der Waals surface area (Å²) in [5.41, 5.74) is 6.64. The molecule has 2 aromatic rings. The fourth-order valence-electron chi connectivity index (χ4n) is 2.01. The van der Waals surface area contributed by atoms with Gasteiger partial charge in [-0.25, -0.2) is 9.67 Å². The van der Waals surface area contributed by atoms with Crippen molar-refractivity contribution in [3.8, 4) is 5.69 Å². The zero-order chi connectivity index (χ0) is 13.5. The average Bonchev–Trinajstić information content (AvgIpc) is 2.84. The first-order chi connectivity index (χ1) is 9.35. The maximum Gasteiger partial charge on any atom is 0.151 e. The molecule has 102 valence electrons. The highest BCUT2D eigenvalue weighted by molar-refractivity contribution is 5.28. The summed E-state index contributed by atoms with van der Waals surface area (Å²) in [7, 11) is 0. The quantitative estimate of drug-likeness (QED) is 0.771. The standard InChI is InChI=1S/C14H21N5/c1-2-3-4-5-13-17-14(6-9-15)19(18-13)12-7-10-16-11-8-12/h7-8,10-11H,2-6,9,15H2,1H3. The van der Waals surface area contributed by atoms with Crippen LogP contribution in [-0.4, -0.2) is 26.3 Å². The zero-order valence-electron chi connectivity index (χ0n) is 11.4. The van der Waals surface area contributed by atoms with Crippen LogP contribution in [0, 0.1) is 0 Å². The minimum absolute atomic E-state index is 0.582. The first kappa shape index (κ1) is 13.7. The van der Waals surface area contributed by atoms with E-state index in [1.54, 1.807) is 12.4 Å². The molecule has 0 aromatic carbocycles. The number of unbranched alkanes of at least 4 members (excludes halogenated alkanes) is 2. The highest BCUT2D eigenvalue weighted by Gasteiger charge is 2.10. The summed E-state index contributed by atoms with van der Waals surface area (Å²) in [4.78, 5) is 8.63. The number of aromatic nitrogens is 4. The molecule has 0 aliphatic carbocycles. The molecular weight excluding hydrogens is 238 g/mol. The molecule has 0 saturated heterocycles. The Morgan fingerprint density at radius 1 is 1.16 bits per heavy atom. The molecular formula is C14H21N5. The number of aryl methyl sites for hydroxylation is 1. The van der Waals surface area contributed by atoms with Gasteiger partial charge in [-0.3, -0.25) is 4.98 Å². The molecule has 5 heteroatoms. The lowest BCUT2D eigenvalue weighted by molar-refractivity contribution is 0.689. The highest BCUT2D eigenvalue weighted by Crippen LogP contribution is 2.11. The molecule has 0 radical (unpaired) electrons. The number of pyridine rings is 1. The Hall–Kier alpha value is -1.75. The van der Waals surface area contributed by atoms with Crippen LogP contribution in [-0.2, 0) is 12.8 Å². The Labute approximate surface area is 113 Å². The van der Waals surface area contributed by atoms with Gasteiger partial charge in [-0.1, -0.05) is 19.8 Å². The van der Waals surface area contributed by atoms with E-state index in [1.807, 2.05) is 16.8 Å². The van der Waals surface area contributed by atoms with Crippen molar-refractivity contribution in [1.82, 2.24) is 19.7 Å². The van der Waals surface area contributed by atoms with Crippen LogP contribution in [0.3, 0.4) is 0 Å². The molecule has 2 heterocycles. The van der Waals surface area contributed by atoms with Crippen LogP contribution < -0.4 is 5.73 Å². The average molecular weight is 259 g/mol. The van der Waals surface area contributed by atoms with Crippen molar-refractivity contribution in [2.24, 2.45) is 5.73 Å². The molecule has 5 nitrogen and oxygen atoms in total. The molecule has 0 atom stereocenters. The van der Waals surface area contributed by atoms with E-state index in [0.717, 1.165) is 36.6 Å². The van der Waals surface area contributed by atoms with Crippen LogP contribution in [0.2, 0.25) is 0 Å². The Kier molecular flexibility index (Phi) is 5.03. The Morgan fingerprint density at radius 2 is 1.95 bits per heavy atom. The van der Waals surface area contributed by atoms with Crippen molar-refractivity contribution >= 4 is 0 Å². The number of hydrogen-bond acceptors (Lipinski definition) is 4. The van der Waals surface area contributed by atoms with Gasteiger partial charge in [0.2, 0.25) is 0 Å². The molecule has 19 heavy (non-hydrogen) atoms. The molecule has 0 fully saturated rings. The maximum atomic E-state index is 5.64. The lowest BCUT2D eigenvalue weighted by Crippen LogP contribution is -2.09. The summed E-state index contributed by atoms with van der Waals surface area (Å²) >= 11 is 0. The minimum atomic E-state index is 0.582. The van der Waals surface area contributed by atoms with E-state index in [1.165, 1.54) is 12.8 Å². The molecule has 0 bridgehead atoms. The van der Waals surface area contributed by atoms with Crippen molar-refractivity contribution in [2.75, 3.05) is 6.54 Å². The van der Waals surface area contributed by atoms with Gasteiger partial charge in [-0.05, 0) is 25.1 Å². The Bertz CT molecular complexity index is 492. The fraction of sp³-hybridized carbons (Fsp3) is 0.500. The molecule has 0 amide bonds. The van der Waals surface area contributed by atoms with Crippen LogP contribution in [0.4, 0.5) is 0 Å². The van der Waals surface area contributed by atoms with Gasteiger partial charge in [0.05, 0.1) is 5.69 Å². The first-order valence-corrected chi connectivity index (χ1v) is 6.90. The monoisotopic (exact) mass is 259 g/mol. The van der Waals surface area contributed by atoms with E-state index >= 15 is 0 Å². The Balaban J connectivity index is 2.21. The van der Waals surface area contributed by atoms with E-state index < -0.39 is 0 Å². The highest BCUT2D eigenvalue weighted by atomic mass is 15.3. The third-order valence-electron chi connectivity index (χ3n) is 3.00. The second kappa shape index (κ2) is 6.99. The van der Waals surface area contributed by atoms with Crippen molar-refractivity contribution < 1.29 is 0 Å². The summed E-state index contributed by atoms with van der Waals surface area (Å²) in [6.07, 6.45) is 8.77. The lowest BCUT2D eigenvalue weighted by Gasteiger charge is -2.03. The molecule has 0 aliphatic heterocycles. The summed E-state index contributed by atoms with van der Waals surface area (Å²) in [5.74, 6) is 1.84. The molecule has 2 rings (SSSR count). The largest absolute Gasteiger partial charge is 0.330 e. The third-order valence-corrected chi connectivity index (χ3v) is 3.00. The first-order valence-electron chi connectivity index (χ1n) is 6.90. The van der Waals surface area contributed by atoms with Gasteiger partial charge in [0.15, 0.2) is 5.82 Å². The summed E-state index contributed by atoms with van der Waals surface area (Å²) in [6, 6.07) is 3.87. The summed E-state index contributed by atoms with van der Waals surface area (Å²) in [5, 5.41) is 4.59. The molecule has 2 N–H and O–H groups in total. The van der Waals surface area contributed by atoms with Gasteiger partial charge in [0.1, 0.15) is 5.82 Å². The van der Waals surface area contributed by atoms with Crippen LogP contribution in [0.15, 0.2) is 24.5 Å². The zero-order valence-corrected chi connectivity index (χ0v) is 11.4. The number of hydrogen-bond donors (Lipinski definition) is 1. The van der Waals surface area contributed by atoms with E-state index in [9.17, 15) is 0 Å². The summed E-state index contributed by atoms with van der Waals surface area (Å²) in [6.45, 7) is 2.78. The van der Waals surface area contributed by atoms with Crippen LogP contribution >= 0.6 is 0 Å². The number of nitrogens with two attached hydrogens (primary N) is 1. The smallest absolute Gasteiger partial charge is 0.151 e. The molecule has 0 spiro atoms. The predicted octanol–water partition coefficient (Wildman–Crippen LogP) is 1.90. The van der Waals surface area contributed by atoms with Crippen LogP contribution in [0.25, 0.3) is 5.69 Å². The molecule has 0 aliphatic rings. The second-order valence-electron chi connectivity index (χ2n) is 4.56. The van der Waals surface area contributed by atoms with E-state index in [-0.39, 0.29) is 0 Å². The van der Waals surface area contributed by atoms with Gasteiger partial charge in [0, 0.05) is 25.2 Å². The Morgan fingerprint density at radius 3 is 2.63 bits per heavy atom. The van der Waals surface area contributed by atoms with E-state index in [2.05, 4.69) is 22.0 Å². The maximum absolute atomic E-state index is 5.64. The number of rotatable bonds is 7. The second-order valence-corrected chi connectivity index (χ2v) is 4.56. The minimum Gasteiger partial charge on any atom is -0.330 e. The van der Waals surface area contributed by atoms with Gasteiger partial charge >= 0.3 is 0 Å². The SMILES string of the molecule is CCCCCc1nc(CCN)n(-c2ccncc2)n1. The van der Waals surface area contributed by atoms with Crippen LogP contribution in [0.5, 0.6) is 0 Å². The van der Waals surface area contributed by atoms with Gasteiger partial charge in [-0.15, -0.1) is 0 Å². The van der Waals surface area contributed by atoms with Gasteiger partial charge in [-0.2, -0.15) is 5.10 Å². The van der Waals surface area contributed by atoms with Crippen molar-refractivity contribution in [2.45, 2.75) is 39.0 Å². The lowest BCUT2D eigenvalue weighted by atomic mass is 10.2. The van der Waals surface area contributed by atoms with Gasteiger partial charge < -0.3 is 5.73 Å². The van der Waals surface area contributed by atoms with Crippen molar-refractivity contribution in [1.29, 1.82) is 0 Å². The van der Waals surface area contributed by atoms with Gasteiger partial charge in [0.25, 0.3) is 0 Å².